The summed E-state index contributed by atoms with van der Waals surface area (Å²) in [7, 11) is 0. The molecule has 26 heavy (non-hydrogen) atoms. The van der Waals surface area contributed by atoms with Gasteiger partial charge in [0.2, 0.25) is 0 Å². The van der Waals surface area contributed by atoms with Crippen molar-refractivity contribution in [3.05, 3.63) is 83.2 Å². The largest absolute Gasteiger partial charge is 0.461 e. The van der Waals surface area contributed by atoms with Gasteiger partial charge in [-0.2, -0.15) is 5.10 Å². The minimum atomic E-state index is -0.348. The molecule has 0 amide bonds. The van der Waals surface area contributed by atoms with Crippen molar-refractivity contribution in [2.24, 2.45) is 0 Å². The van der Waals surface area contributed by atoms with E-state index in [2.05, 4.69) is 23.3 Å². The second-order valence-corrected chi connectivity index (χ2v) is 6.22. The topological polar surface area (TPSA) is 44.1 Å². The molecule has 1 aromatic heterocycles. The lowest BCUT2D eigenvalue weighted by Gasteiger charge is -2.07. The van der Waals surface area contributed by atoms with Crippen LogP contribution in [-0.4, -0.2) is 22.4 Å². The summed E-state index contributed by atoms with van der Waals surface area (Å²) in [6.45, 7) is 2.16. The molecular formula is C22H20N2O2. The third-order valence-corrected chi connectivity index (χ3v) is 4.54. The molecule has 0 fully saturated rings. The van der Waals surface area contributed by atoms with Gasteiger partial charge in [0.15, 0.2) is 5.69 Å². The molecule has 0 saturated carbocycles. The van der Waals surface area contributed by atoms with Crippen molar-refractivity contribution in [3.8, 4) is 5.69 Å². The quantitative estimate of drug-likeness (QED) is 0.653. The van der Waals surface area contributed by atoms with Crippen LogP contribution >= 0.6 is 0 Å². The van der Waals surface area contributed by atoms with Crippen molar-refractivity contribution in [1.82, 2.24) is 9.78 Å². The van der Waals surface area contributed by atoms with E-state index < -0.39 is 0 Å². The van der Waals surface area contributed by atoms with Gasteiger partial charge in [-0.25, -0.2) is 9.48 Å². The number of aromatic nitrogens is 2. The van der Waals surface area contributed by atoms with Crippen LogP contribution in [-0.2, 0) is 11.2 Å². The van der Waals surface area contributed by atoms with Gasteiger partial charge >= 0.3 is 5.97 Å². The zero-order valence-corrected chi connectivity index (χ0v) is 14.7. The molecular weight excluding hydrogens is 324 g/mol. The summed E-state index contributed by atoms with van der Waals surface area (Å²) in [5.41, 5.74) is 5.71. The molecule has 0 N–H and O–H groups in total. The molecule has 0 radical (unpaired) electrons. The van der Waals surface area contributed by atoms with Gasteiger partial charge in [0.25, 0.3) is 0 Å². The van der Waals surface area contributed by atoms with Crippen molar-refractivity contribution in [3.63, 3.8) is 0 Å². The predicted molar refractivity (Wildman–Crippen MR) is 102 cm³/mol. The Morgan fingerprint density at radius 1 is 1.08 bits per heavy atom. The number of nitrogens with zero attached hydrogens (tertiary/aromatic N) is 2. The van der Waals surface area contributed by atoms with Gasteiger partial charge in [-0.15, -0.1) is 0 Å². The molecule has 1 aliphatic carbocycles. The predicted octanol–water partition coefficient (Wildman–Crippen LogP) is 4.54. The Labute approximate surface area is 152 Å². The second kappa shape index (κ2) is 7.00. The van der Waals surface area contributed by atoms with Crippen molar-refractivity contribution in [1.29, 1.82) is 0 Å². The highest BCUT2D eigenvalue weighted by atomic mass is 16.5. The van der Waals surface area contributed by atoms with Gasteiger partial charge in [-0.05, 0) is 49.1 Å². The first-order valence-electron chi connectivity index (χ1n) is 8.88. The van der Waals surface area contributed by atoms with Gasteiger partial charge in [0, 0.05) is 5.56 Å². The first-order chi connectivity index (χ1) is 12.8. The lowest BCUT2D eigenvalue weighted by Crippen LogP contribution is -2.09. The van der Waals surface area contributed by atoms with Gasteiger partial charge in [0.05, 0.1) is 18.0 Å². The van der Waals surface area contributed by atoms with Crippen LogP contribution in [0.3, 0.4) is 0 Å². The number of fused-ring (bicyclic) bond motifs is 1. The van der Waals surface area contributed by atoms with Crippen LogP contribution in [0.25, 0.3) is 17.3 Å². The highest BCUT2D eigenvalue weighted by molar-refractivity contribution is 5.94. The van der Waals surface area contributed by atoms with Crippen LogP contribution in [0.2, 0.25) is 0 Å². The minimum Gasteiger partial charge on any atom is -0.461 e. The molecule has 0 spiro atoms. The van der Waals surface area contributed by atoms with Crippen LogP contribution in [0.15, 0.2) is 60.7 Å². The summed E-state index contributed by atoms with van der Waals surface area (Å²) in [5.74, 6) is -0.348. The fourth-order valence-electron chi connectivity index (χ4n) is 3.41. The maximum atomic E-state index is 12.4. The summed E-state index contributed by atoms with van der Waals surface area (Å²) in [4.78, 5) is 12.4. The third kappa shape index (κ3) is 2.94. The number of carbonyl (C=O) groups excluding carboxylic acids is 1. The number of hydrogen-bond acceptors (Lipinski definition) is 3. The summed E-state index contributed by atoms with van der Waals surface area (Å²) in [6.07, 6.45) is 3.87. The zero-order valence-electron chi connectivity index (χ0n) is 14.7. The maximum absolute atomic E-state index is 12.4. The molecule has 0 bridgehead atoms. The molecule has 1 aliphatic rings. The molecule has 3 aromatic rings. The number of hydrogen-bond donors (Lipinski definition) is 0. The van der Waals surface area contributed by atoms with Crippen molar-refractivity contribution in [2.45, 2.75) is 19.8 Å². The number of benzene rings is 2. The van der Waals surface area contributed by atoms with Crippen molar-refractivity contribution in [2.75, 3.05) is 6.61 Å². The molecule has 0 atom stereocenters. The Hall–Kier alpha value is -3.14. The van der Waals surface area contributed by atoms with E-state index in [1.807, 2.05) is 60.1 Å². The van der Waals surface area contributed by atoms with Crippen LogP contribution in [0.5, 0.6) is 0 Å². The maximum Gasteiger partial charge on any atom is 0.359 e. The van der Waals surface area contributed by atoms with E-state index in [9.17, 15) is 4.79 Å². The highest BCUT2D eigenvalue weighted by Crippen LogP contribution is 2.37. The van der Waals surface area contributed by atoms with Gasteiger partial charge in [0.1, 0.15) is 0 Å². The van der Waals surface area contributed by atoms with E-state index in [-0.39, 0.29) is 5.97 Å². The number of esters is 1. The number of allylic oxidation sites excluding steroid dienone is 1. The molecule has 4 nitrogen and oxygen atoms in total. The summed E-state index contributed by atoms with van der Waals surface area (Å²) >= 11 is 0. The van der Waals surface area contributed by atoms with Crippen LogP contribution < -0.4 is 0 Å². The summed E-state index contributed by atoms with van der Waals surface area (Å²) < 4.78 is 7.10. The number of ether oxygens (including phenoxy) is 1. The smallest absolute Gasteiger partial charge is 0.359 e. The number of para-hydroxylation sites is 1. The monoisotopic (exact) mass is 344 g/mol. The average molecular weight is 344 g/mol. The molecule has 130 valence electrons. The number of carbonyl (C=O) groups is 1. The Balaban J connectivity index is 1.87. The molecule has 0 saturated heterocycles. The van der Waals surface area contributed by atoms with Gasteiger partial charge < -0.3 is 4.74 Å². The zero-order chi connectivity index (χ0) is 17.9. The Kier molecular flexibility index (Phi) is 4.40. The molecule has 4 rings (SSSR count). The van der Waals surface area contributed by atoms with E-state index in [0.717, 1.165) is 35.3 Å². The molecule has 0 aliphatic heterocycles. The first kappa shape index (κ1) is 16.3. The van der Waals surface area contributed by atoms with Crippen molar-refractivity contribution < 1.29 is 9.53 Å². The summed E-state index contributed by atoms with van der Waals surface area (Å²) in [5, 5.41) is 4.61. The van der Waals surface area contributed by atoms with E-state index in [0.29, 0.717) is 12.3 Å². The van der Waals surface area contributed by atoms with Gasteiger partial charge in [-0.1, -0.05) is 48.5 Å². The van der Waals surface area contributed by atoms with E-state index >= 15 is 0 Å². The molecule has 0 unspecified atom stereocenters. The fourth-order valence-corrected chi connectivity index (χ4v) is 3.41. The van der Waals surface area contributed by atoms with E-state index in [4.69, 9.17) is 4.74 Å². The fraction of sp³-hybridized carbons (Fsp3) is 0.182. The lowest BCUT2D eigenvalue weighted by atomic mass is 10.1. The molecule has 4 heteroatoms. The van der Waals surface area contributed by atoms with Gasteiger partial charge in [-0.3, -0.25) is 0 Å². The van der Waals surface area contributed by atoms with Crippen molar-refractivity contribution >= 4 is 17.6 Å². The summed E-state index contributed by atoms with van der Waals surface area (Å²) in [6, 6.07) is 20.2. The second-order valence-electron chi connectivity index (χ2n) is 6.22. The lowest BCUT2D eigenvalue weighted by molar-refractivity contribution is 0.0517. The minimum absolute atomic E-state index is 0.346. The first-order valence-corrected chi connectivity index (χ1v) is 8.88. The van der Waals surface area contributed by atoms with E-state index in [1.54, 1.807) is 0 Å². The highest BCUT2D eigenvalue weighted by Gasteiger charge is 2.30. The van der Waals surface area contributed by atoms with E-state index in [1.165, 1.54) is 5.57 Å². The standard InChI is InChI=1S/C22H20N2O2/c1-2-26-22(25)20-19-14-13-17(15-16-9-5-3-6-10-16)21(19)24(23-20)18-11-7-4-8-12-18/h3-12,15H,2,13-14H2,1H3/b17-15+. The average Bonchev–Trinajstić information content (AvgIpc) is 3.25. The third-order valence-electron chi connectivity index (χ3n) is 4.54. The molecule has 1 heterocycles. The van der Waals surface area contributed by atoms with Crippen LogP contribution in [0.1, 0.15) is 40.7 Å². The van der Waals surface area contributed by atoms with Crippen LogP contribution in [0.4, 0.5) is 0 Å². The normalized spacial score (nSPS) is 14.4. The molecule has 2 aromatic carbocycles. The van der Waals surface area contributed by atoms with Crippen LogP contribution in [0, 0.1) is 0 Å². The SMILES string of the molecule is CCOC(=O)c1nn(-c2ccccc2)c2c1CC/C2=C\c1ccccc1. The Morgan fingerprint density at radius 3 is 2.46 bits per heavy atom. The number of rotatable bonds is 4. The Morgan fingerprint density at radius 2 is 1.77 bits per heavy atom. The Bertz CT molecular complexity index is 957.